The van der Waals surface area contributed by atoms with Crippen molar-refractivity contribution in [2.75, 3.05) is 6.26 Å². The molecule has 8 nitrogen and oxygen atoms in total. The molecule has 3 rings (SSSR count). The van der Waals surface area contributed by atoms with Gasteiger partial charge in [-0.25, -0.2) is 13.4 Å². The number of nitrogens with zero attached hydrogens (tertiary/aromatic N) is 4. The third-order valence-corrected chi connectivity index (χ3v) is 4.41. The van der Waals surface area contributed by atoms with E-state index in [9.17, 15) is 13.2 Å². The number of pyridine rings is 1. The number of rotatable bonds is 5. The van der Waals surface area contributed by atoms with Gasteiger partial charge in [-0.1, -0.05) is 6.07 Å². The highest BCUT2D eigenvalue weighted by Gasteiger charge is 2.23. The van der Waals surface area contributed by atoms with E-state index in [4.69, 9.17) is 0 Å². The molecule has 0 saturated carbocycles. The van der Waals surface area contributed by atoms with Gasteiger partial charge in [0.25, 0.3) is 5.91 Å². The minimum absolute atomic E-state index is 0.0864. The fraction of sp³-hybridized carbons (Fsp3) is 0.267. The summed E-state index contributed by atoms with van der Waals surface area (Å²) in [5, 5.41) is 6.76. The molecule has 0 radical (unpaired) electrons. The van der Waals surface area contributed by atoms with Gasteiger partial charge in [-0.3, -0.25) is 13.9 Å². The van der Waals surface area contributed by atoms with Crippen LogP contribution in [0.4, 0.5) is 0 Å². The van der Waals surface area contributed by atoms with Crippen molar-refractivity contribution in [2.45, 2.75) is 24.7 Å². The van der Waals surface area contributed by atoms with Crippen LogP contribution in [0.25, 0.3) is 5.52 Å². The quantitative estimate of drug-likeness (QED) is 0.734. The van der Waals surface area contributed by atoms with Crippen molar-refractivity contribution in [1.82, 2.24) is 24.5 Å². The van der Waals surface area contributed by atoms with E-state index in [2.05, 4.69) is 15.4 Å². The van der Waals surface area contributed by atoms with Gasteiger partial charge in [0.05, 0.1) is 12.1 Å². The Hall–Kier alpha value is -2.68. The van der Waals surface area contributed by atoms with Crippen molar-refractivity contribution in [1.29, 1.82) is 0 Å². The summed E-state index contributed by atoms with van der Waals surface area (Å²) in [4.78, 5) is 16.6. The van der Waals surface area contributed by atoms with Gasteiger partial charge in [0.1, 0.15) is 0 Å². The molecule has 1 atom stereocenters. The predicted molar refractivity (Wildman–Crippen MR) is 87.5 cm³/mol. The van der Waals surface area contributed by atoms with Crippen LogP contribution in [-0.2, 0) is 16.4 Å². The van der Waals surface area contributed by atoms with Gasteiger partial charge >= 0.3 is 0 Å². The van der Waals surface area contributed by atoms with E-state index >= 15 is 0 Å². The summed E-state index contributed by atoms with van der Waals surface area (Å²) in [5.74, 6) is -0.423. The van der Waals surface area contributed by atoms with Crippen LogP contribution in [0.1, 0.15) is 17.4 Å². The van der Waals surface area contributed by atoms with E-state index in [0.717, 1.165) is 6.26 Å². The van der Waals surface area contributed by atoms with Crippen molar-refractivity contribution in [3.05, 3.63) is 48.5 Å². The summed E-state index contributed by atoms with van der Waals surface area (Å²) in [6.07, 6.45) is 6.10. The SMILES string of the molecule is C[C@@H](Cn1cccn1)NC(=O)c1nc(S(C)(=O)=O)n2ccccc12. The smallest absolute Gasteiger partial charge is 0.272 e. The number of hydrogen-bond acceptors (Lipinski definition) is 5. The molecule has 9 heteroatoms. The maximum Gasteiger partial charge on any atom is 0.272 e. The molecular weight excluding hydrogens is 330 g/mol. The van der Waals surface area contributed by atoms with E-state index in [0.29, 0.717) is 12.1 Å². The molecule has 0 saturated heterocycles. The first-order valence-corrected chi connectivity index (χ1v) is 9.21. The van der Waals surface area contributed by atoms with E-state index in [1.165, 1.54) is 4.40 Å². The third-order valence-electron chi connectivity index (χ3n) is 3.46. The second kappa shape index (κ2) is 6.08. The van der Waals surface area contributed by atoms with Crippen molar-refractivity contribution in [3.8, 4) is 0 Å². The molecule has 0 spiro atoms. The molecule has 3 heterocycles. The number of aromatic nitrogens is 4. The van der Waals surface area contributed by atoms with Crippen LogP contribution in [0.15, 0.2) is 48.0 Å². The Kier molecular flexibility index (Phi) is 4.10. The summed E-state index contributed by atoms with van der Waals surface area (Å²) in [7, 11) is -3.55. The molecular formula is C15H17N5O3S. The molecule has 0 aromatic carbocycles. The standard InChI is InChI=1S/C15H17N5O3S/c1-11(10-19-8-5-7-16-19)17-14(21)13-12-6-3-4-9-20(12)15(18-13)24(2,22)23/h3-9,11H,10H2,1-2H3,(H,17,21)/t11-/m0/s1. The molecule has 3 aromatic rings. The van der Waals surface area contributed by atoms with Crippen LogP contribution < -0.4 is 5.32 Å². The van der Waals surface area contributed by atoms with Gasteiger partial charge in [0.2, 0.25) is 15.0 Å². The van der Waals surface area contributed by atoms with Crippen LogP contribution in [0, 0.1) is 0 Å². The van der Waals surface area contributed by atoms with E-state index in [-0.39, 0.29) is 16.9 Å². The number of fused-ring (bicyclic) bond motifs is 1. The first kappa shape index (κ1) is 16.2. The van der Waals surface area contributed by atoms with Crippen molar-refractivity contribution in [3.63, 3.8) is 0 Å². The average Bonchev–Trinajstić information content (AvgIpc) is 3.13. The van der Waals surface area contributed by atoms with E-state index in [1.807, 2.05) is 6.92 Å². The highest BCUT2D eigenvalue weighted by Crippen LogP contribution is 2.17. The summed E-state index contributed by atoms with van der Waals surface area (Å²) >= 11 is 0. The molecule has 0 aliphatic heterocycles. The largest absolute Gasteiger partial charge is 0.346 e. The molecule has 0 unspecified atom stereocenters. The maximum absolute atomic E-state index is 12.5. The normalized spacial score (nSPS) is 13.1. The zero-order valence-electron chi connectivity index (χ0n) is 13.2. The van der Waals surface area contributed by atoms with Gasteiger partial charge in [0.15, 0.2) is 5.69 Å². The second-order valence-corrected chi connectivity index (χ2v) is 7.48. The van der Waals surface area contributed by atoms with Gasteiger partial charge < -0.3 is 5.32 Å². The number of carbonyl (C=O) groups excluding carboxylic acids is 1. The predicted octanol–water partition coefficient (Wildman–Crippen LogP) is 0.753. The van der Waals surface area contributed by atoms with Crippen LogP contribution >= 0.6 is 0 Å². The highest BCUT2D eigenvalue weighted by atomic mass is 32.2. The summed E-state index contributed by atoms with van der Waals surface area (Å²) in [6.45, 7) is 2.35. The minimum Gasteiger partial charge on any atom is -0.346 e. The lowest BCUT2D eigenvalue weighted by Crippen LogP contribution is -2.36. The van der Waals surface area contributed by atoms with Crippen molar-refractivity contribution >= 4 is 21.3 Å². The second-order valence-electron chi connectivity index (χ2n) is 5.57. The van der Waals surface area contributed by atoms with E-state index in [1.54, 1.807) is 47.5 Å². The Bertz CT molecular complexity index is 976. The number of hydrogen-bond donors (Lipinski definition) is 1. The molecule has 24 heavy (non-hydrogen) atoms. The Morgan fingerprint density at radius 2 is 2.08 bits per heavy atom. The fourth-order valence-electron chi connectivity index (χ4n) is 2.47. The van der Waals surface area contributed by atoms with Gasteiger partial charge in [0, 0.05) is 30.9 Å². The molecule has 1 amide bonds. The van der Waals surface area contributed by atoms with Gasteiger partial charge in [-0.05, 0) is 25.1 Å². The fourth-order valence-corrected chi connectivity index (χ4v) is 3.24. The molecule has 1 N–H and O–H groups in total. The Morgan fingerprint density at radius 1 is 1.29 bits per heavy atom. The molecule has 0 aliphatic carbocycles. The first-order chi connectivity index (χ1) is 11.4. The number of nitrogens with one attached hydrogen (secondary N) is 1. The van der Waals surface area contributed by atoms with Crippen LogP contribution in [-0.4, -0.2) is 45.8 Å². The number of sulfone groups is 1. The maximum atomic E-state index is 12.5. The highest BCUT2D eigenvalue weighted by molar-refractivity contribution is 7.90. The lowest BCUT2D eigenvalue weighted by molar-refractivity contribution is 0.0933. The molecule has 3 aromatic heterocycles. The van der Waals surface area contributed by atoms with Crippen LogP contribution in [0.5, 0.6) is 0 Å². The minimum atomic E-state index is -3.55. The summed E-state index contributed by atoms with van der Waals surface area (Å²) in [5.41, 5.74) is 0.532. The summed E-state index contributed by atoms with van der Waals surface area (Å²) in [6, 6.07) is 6.68. The number of imidazole rings is 1. The summed E-state index contributed by atoms with van der Waals surface area (Å²) < 4.78 is 26.9. The number of carbonyl (C=O) groups is 1. The van der Waals surface area contributed by atoms with Crippen molar-refractivity contribution < 1.29 is 13.2 Å². The Morgan fingerprint density at radius 3 is 2.75 bits per heavy atom. The van der Waals surface area contributed by atoms with Gasteiger partial charge in [-0.15, -0.1) is 0 Å². The molecule has 126 valence electrons. The average molecular weight is 347 g/mol. The van der Waals surface area contributed by atoms with Gasteiger partial charge in [-0.2, -0.15) is 5.10 Å². The lowest BCUT2D eigenvalue weighted by atomic mass is 10.2. The zero-order valence-corrected chi connectivity index (χ0v) is 14.1. The monoisotopic (exact) mass is 347 g/mol. The van der Waals surface area contributed by atoms with Crippen LogP contribution in [0.3, 0.4) is 0 Å². The Balaban J connectivity index is 1.90. The van der Waals surface area contributed by atoms with E-state index < -0.39 is 15.7 Å². The zero-order chi connectivity index (χ0) is 17.3. The number of amides is 1. The lowest BCUT2D eigenvalue weighted by Gasteiger charge is -2.13. The molecule has 0 fully saturated rings. The molecule has 0 bridgehead atoms. The third kappa shape index (κ3) is 3.16. The van der Waals surface area contributed by atoms with Crippen molar-refractivity contribution in [2.24, 2.45) is 0 Å². The molecule has 0 aliphatic rings. The van der Waals surface area contributed by atoms with Crippen LogP contribution in [0.2, 0.25) is 0 Å². The Labute approximate surface area is 139 Å². The first-order valence-electron chi connectivity index (χ1n) is 7.31. The topological polar surface area (TPSA) is 98.4 Å².